The topological polar surface area (TPSA) is 116 Å². The Kier molecular flexibility index (Phi) is 7.18. The van der Waals surface area contributed by atoms with Crippen LogP contribution in [0.1, 0.15) is 21.5 Å². The lowest BCUT2D eigenvalue weighted by atomic mass is 10.1. The van der Waals surface area contributed by atoms with Gasteiger partial charge in [0.1, 0.15) is 5.00 Å². The summed E-state index contributed by atoms with van der Waals surface area (Å²) in [6, 6.07) is 19.1. The molecular formula is C26H22N4O4S. The fourth-order valence-corrected chi connectivity index (χ4v) is 4.07. The van der Waals surface area contributed by atoms with Crippen LogP contribution in [0.15, 0.2) is 78.3 Å². The maximum Gasteiger partial charge on any atom is 0.331 e. The predicted molar refractivity (Wildman–Crippen MR) is 135 cm³/mol. The molecule has 2 aromatic carbocycles. The summed E-state index contributed by atoms with van der Waals surface area (Å²) >= 11 is 1.15. The van der Waals surface area contributed by atoms with E-state index >= 15 is 0 Å². The number of para-hydroxylation sites is 1. The number of carbonyl (C=O) groups excluding carboxylic acids is 3. The molecule has 0 bridgehead atoms. The van der Waals surface area contributed by atoms with Gasteiger partial charge in [0.25, 0.3) is 11.8 Å². The molecule has 0 atom stereocenters. The van der Waals surface area contributed by atoms with Gasteiger partial charge in [-0.15, -0.1) is 11.3 Å². The van der Waals surface area contributed by atoms with Crippen molar-refractivity contribution in [2.75, 3.05) is 11.9 Å². The Labute approximate surface area is 205 Å². The van der Waals surface area contributed by atoms with Gasteiger partial charge in [-0.1, -0.05) is 48.0 Å². The number of primary amides is 1. The normalized spacial score (nSPS) is 10.9. The second-order valence-corrected chi connectivity index (χ2v) is 8.51. The van der Waals surface area contributed by atoms with Gasteiger partial charge in [0.15, 0.2) is 6.61 Å². The molecule has 0 aliphatic heterocycles. The number of nitrogens with two attached hydrogens (primary N) is 1. The van der Waals surface area contributed by atoms with Crippen LogP contribution in [0.2, 0.25) is 0 Å². The fourth-order valence-electron chi connectivity index (χ4n) is 3.26. The molecule has 4 rings (SSSR count). The molecule has 3 N–H and O–H groups in total. The van der Waals surface area contributed by atoms with Gasteiger partial charge in [-0.3, -0.25) is 9.59 Å². The van der Waals surface area contributed by atoms with Crippen molar-refractivity contribution in [2.45, 2.75) is 6.92 Å². The minimum atomic E-state index is -0.691. The Morgan fingerprint density at radius 2 is 1.83 bits per heavy atom. The van der Waals surface area contributed by atoms with Crippen LogP contribution in [0.3, 0.4) is 0 Å². The number of carbonyl (C=O) groups is 3. The number of hydrogen-bond donors (Lipinski definition) is 2. The number of nitrogens with one attached hydrogen (secondary N) is 1. The molecule has 176 valence electrons. The van der Waals surface area contributed by atoms with Crippen LogP contribution in [0, 0.1) is 6.92 Å². The number of aromatic nitrogens is 2. The highest BCUT2D eigenvalue weighted by atomic mass is 32.1. The summed E-state index contributed by atoms with van der Waals surface area (Å²) in [6.45, 7) is 1.50. The molecule has 0 aliphatic carbocycles. The molecular weight excluding hydrogens is 464 g/mol. The third-order valence-corrected chi connectivity index (χ3v) is 5.85. The van der Waals surface area contributed by atoms with E-state index in [1.165, 1.54) is 12.1 Å². The minimum absolute atomic E-state index is 0.202. The Balaban J connectivity index is 1.47. The van der Waals surface area contributed by atoms with E-state index in [0.717, 1.165) is 28.2 Å². The Morgan fingerprint density at radius 3 is 2.54 bits per heavy atom. The molecule has 8 nitrogen and oxygen atoms in total. The highest BCUT2D eigenvalue weighted by molar-refractivity contribution is 7.14. The summed E-state index contributed by atoms with van der Waals surface area (Å²) in [4.78, 5) is 35.8. The molecule has 0 aliphatic rings. The first kappa shape index (κ1) is 23.7. The second-order valence-electron chi connectivity index (χ2n) is 7.60. The Bertz CT molecular complexity index is 1390. The highest BCUT2D eigenvalue weighted by Crippen LogP contribution is 2.25. The van der Waals surface area contributed by atoms with Gasteiger partial charge >= 0.3 is 5.97 Å². The predicted octanol–water partition coefficient (Wildman–Crippen LogP) is 4.20. The largest absolute Gasteiger partial charge is 0.452 e. The number of benzene rings is 2. The first-order valence-electron chi connectivity index (χ1n) is 10.6. The lowest BCUT2D eigenvalue weighted by Crippen LogP contribution is -2.21. The first-order chi connectivity index (χ1) is 16.9. The average Bonchev–Trinajstić information content (AvgIpc) is 3.50. The van der Waals surface area contributed by atoms with Crippen molar-refractivity contribution >= 4 is 40.2 Å². The molecule has 9 heteroatoms. The van der Waals surface area contributed by atoms with E-state index in [1.807, 2.05) is 67.7 Å². The number of hydrogen-bond acceptors (Lipinski definition) is 6. The van der Waals surface area contributed by atoms with E-state index in [9.17, 15) is 14.4 Å². The van der Waals surface area contributed by atoms with Gasteiger partial charge in [-0.25, -0.2) is 9.48 Å². The van der Waals surface area contributed by atoms with Gasteiger partial charge < -0.3 is 15.8 Å². The lowest BCUT2D eigenvalue weighted by Gasteiger charge is -2.04. The van der Waals surface area contributed by atoms with E-state index in [1.54, 1.807) is 16.1 Å². The summed E-state index contributed by atoms with van der Waals surface area (Å²) in [5.74, 6) is -1.92. The van der Waals surface area contributed by atoms with Gasteiger partial charge in [-0.05, 0) is 36.6 Å². The quantitative estimate of drug-likeness (QED) is 0.286. The summed E-state index contributed by atoms with van der Waals surface area (Å²) < 4.78 is 6.79. The van der Waals surface area contributed by atoms with Crippen molar-refractivity contribution in [1.82, 2.24) is 9.78 Å². The fraction of sp³-hybridized carbons (Fsp3) is 0.0769. The number of anilines is 1. The number of rotatable bonds is 8. The van der Waals surface area contributed by atoms with Gasteiger partial charge in [0, 0.05) is 23.4 Å². The SMILES string of the molecule is Cc1ccc(-c2nn(-c3ccccc3)cc2/C=C/C(=O)OCC(=O)Nc2sccc2C(N)=O)cc1. The van der Waals surface area contributed by atoms with E-state index in [0.29, 0.717) is 16.3 Å². The third kappa shape index (κ3) is 5.90. The molecule has 0 radical (unpaired) electrons. The van der Waals surface area contributed by atoms with Crippen LogP contribution in [0.25, 0.3) is 23.0 Å². The third-order valence-electron chi connectivity index (χ3n) is 5.02. The van der Waals surface area contributed by atoms with Crippen molar-refractivity contribution in [1.29, 1.82) is 0 Å². The van der Waals surface area contributed by atoms with E-state index < -0.39 is 24.4 Å². The zero-order valence-electron chi connectivity index (χ0n) is 18.8. The lowest BCUT2D eigenvalue weighted by molar-refractivity contribution is -0.142. The van der Waals surface area contributed by atoms with Crippen molar-refractivity contribution in [3.8, 4) is 16.9 Å². The van der Waals surface area contributed by atoms with Crippen LogP contribution >= 0.6 is 11.3 Å². The molecule has 4 aromatic rings. The number of aryl methyl sites for hydroxylation is 1. The van der Waals surface area contributed by atoms with Crippen LogP contribution < -0.4 is 11.1 Å². The molecule has 0 fully saturated rings. The molecule has 35 heavy (non-hydrogen) atoms. The number of amides is 2. The number of nitrogens with zero attached hydrogens (tertiary/aromatic N) is 2. The maximum absolute atomic E-state index is 12.3. The van der Waals surface area contributed by atoms with Crippen molar-refractivity contribution in [3.63, 3.8) is 0 Å². The summed E-state index contributed by atoms with van der Waals surface area (Å²) in [7, 11) is 0. The smallest absolute Gasteiger partial charge is 0.331 e. The van der Waals surface area contributed by atoms with E-state index in [-0.39, 0.29) is 5.56 Å². The summed E-state index contributed by atoms with van der Waals surface area (Å²) in [6.07, 6.45) is 4.67. The number of ether oxygens (including phenoxy) is 1. The molecule has 2 heterocycles. The van der Waals surface area contributed by atoms with E-state index in [4.69, 9.17) is 15.6 Å². The standard InChI is InChI=1S/C26H22N4O4S/c1-17-7-9-18(10-8-17)24-19(15-30(29-24)20-5-3-2-4-6-20)11-12-23(32)34-16-22(31)28-26-21(25(27)33)13-14-35-26/h2-15H,16H2,1H3,(H2,27,33)(H,28,31)/b12-11+. The van der Waals surface area contributed by atoms with Crippen molar-refractivity contribution < 1.29 is 19.1 Å². The van der Waals surface area contributed by atoms with Crippen LogP contribution in [0.5, 0.6) is 0 Å². The Morgan fingerprint density at radius 1 is 1.09 bits per heavy atom. The highest BCUT2D eigenvalue weighted by Gasteiger charge is 2.14. The summed E-state index contributed by atoms with van der Waals surface area (Å²) in [5, 5.41) is 9.17. The number of thiophene rings is 1. The average molecular weight is 487 g/mol. The Hall–Kier alpha value is -4.50. The zero-order chi connectivity index (χ0) is 24.8. The van der Waals surface area contributed by atoms with Crippen LogP contribution in [-0.2, 0) is 14.3 Å². The van der Waals surface area contributed by atoms with Gasteiger partial charge in [0.05, 0.1) is 16.9 Å². The van der Waals surface area contributed by atoms with Gasteiger partial charge in [0.2, 0.25) is 0 Å². The molecule has 2 aromatic heterocycles. The monoisotopic (exact) mass is 486 g/mol. The van der Waals surface area contributed by atoms with Crippen molar-refractivity contribution in [2.24, 2.45) is 5.73 Å². The van der Waals surface area contributed by atoms with Crippen molar-refractivity contribution in [3.05, 3.63) is 95.0 Å². The number of esters is 1. The molecule has 0 saturated carbocycles. The van der Waals surface area contributed by atoms with Crippen LogP contribution in [0.4, 0.5) is 5.00 Å². The first-order valence-corrected chi connectivity index (χ1v) is 11.5. The summed E-state index contributed by atoms with van der Waals surface area (Å²) in [5.41, 5.74) is 9.79. The second kappa shape index (κ2) is 10.6. The molecule has 0 unspecified atom stereocenters. The minimum Gasteiger partial charge on any atom is -0.452 e. The maximum atomic E-state index is 12.3. The van der Waals surface area contributed by atoms with Gasteiger partial charge in [-0.2, -0.15) is 5.10 Å². The van der Waals surface area contributed by atoms with E-state index in [2.05, 4.69) is 5.32 Å². The van der Waals surface area contributed by atoms with Crippen LogP contribution in [-0.4, -0.2) is 34.2 Å². The molecule has 0 spiro atoms. The zero-order valence-corrected chi connectivity index (χ0v) is 19.6. The molecule has 2 amide bonds. The molecule has 0 saturated heterocycles.